The molecule has 2 aliphatic heterocycles. The minimum Gasteiger partial charge on any atom is -0.479 e. The first kappa shape index (κ1) is 8.58. The van der Waals surface area contributed by atoms with Crippen LogP contribution in [0.25, 0.3) is 0 Å². The predicted octanol–water partition coefficient (Wildman–Crippen LogP) is -0.804. The van der Waals surface area contributed by atoms with Crippen molar-refractivity contribution in [3.8, 4) is 0 Å². The molecular formula is C7H8N2O3S. The van der Waals surface area contributed by atoms with Crippen molar-refractivity contribution in [2.45, 2.75) is 17.5 Å². The number of rotatable bonds is 1. The average Bonchev–Trinajstić information content (AvgIpc) is 2.15. The molecule has 3 atom stereocenters. The van der Waals surface area contributed by atoms with E-state index in [-0.39, 0.29) is 11.3 Å². The maximum atomic E-state index is 11.2. The van der Waals surface area contributed by atoms with Gasteiger partial charge in [-0.1, -0.05) is 0 Å². The Balaban J connectivity index is 2.24. The highest BCUT2D eigenvalue weighted by atomic mass is 32.2. The van der Waals surface area contributed by atoms with Crippen LogP contribution >= 0.6 is 11.8 Å². The van der Waals surface area contributed by atoms with Gasteiger partial charge in [0.25, 0.3) is 0 Å². The van der Waals surface area contributed by atoms with Gasteiger partial charge in [0.1, 0.15) is 17.5 Å². The van der Waals surface area contributed by atoms with Crippen LogP contribution in [0.15, 0.2) is 11.5 Å². The van der Waals surface area contributed by atoms with Gasteiger partial charge in [0.15, 0.2) is 0 Å². The number of carbonyl (C=O) groups is 2. The minimum atomic E-state index is -1.01. The van der Waals surface area contributed by atoms with E-state index in [1.165, 1.54) is 22.7 Å². The van der Waals surface area contributed by atoms with Crippen LogP contribution in [-0.2, 0) is 9.59 Å². The topological polar surface area (TPSA) is 83.6 Å². The number of carboxylic acids is 1. The molecule has 2 heterocycles. The lowest BCUT2D eigenvalue weighted by atomic mass is 10.0. The quantitative estimate of drug-likeness (QED) is 0.541. The van der Waals surface area contributed by atoms with Crippen LogP contribution < -0.4 is 5.73 Å². The van der Waals surface area contributed by atoms with Gasteiger partial charge in [0.2, 0.25) is 5.91 Å². The van der Waals surface area contributed by atoms with Crippen LogP contribution in [0.2, 0.25) is 0 Å². The predicted molar refractivity (Wildman–Crippen MR) is 46.8 cm³/mol. The molecule has 1 amide bonds. The van der Waals surface area contributed by atoms with E-state index in [1.54, 1.807) is 5.41 Å². The lowest BCUT2D eigenvalue weighted by Gasteiger charge is -2.48. The van der Waals surface area contributed by atoms with Crippen LogP contribution in [0.4, 0.5) is 0 Å². The van der Waals surface area contributed by atoms with Gasteiger partial charge in [-0.15, -0.1) is 11.8 Å². The van der Waals surface area contributed by atoms with Gasteiger partial charge in [-0.3, -0.25) is 4.79 Å². The SMILES string of the molecule is NC1C(=O)N2C(C(=O)O)C=CS[C@H]12. The van der Waals surface area contributed by atoms with Crippen LogP contribution in [0.1, 0.15) is 0 Å². The minimum absolute atomic E-state index is 0.196. The number of aliphatic carboxylic acids is 1. The van der Waals surface area contributed by atoms with Crippen molar-refractivity contribution in [3.63, 3.8) is 0 Å². The third-order valence-electron chi connectivity index (χ3n) is 2.15. The van der Waals surface area contributed by atoms with Crippen molar-refractivity contribution in [1.29, 1.82) is 0 Å². The molecule has 0 aromatic rings. The second-order valence-corrected chi connectivity index (χ2v) is 3.94. The molecule has 13 heavy (non-hydrogen) atoms. The van der Waals surface area contributed by atoms with Crippen molar-refractivity contribution in [2.24, 2.45) is 5.73 Å². The van der Waals surface area contributed by atoms with Gasteiger partial charge in [-0.25, -0.2) is 4.79 Å². The number of fused-ring (bicyclic) bond motifs is 1. The summed E-state index contributed by atoms with van der Waals surface area (Å²) >= 11 is 1.38. The molecule has 1 saturated heterocycles. The first-order valence-corrected chi connectivity index (χ1v) is 4.70. The third-order valence-corrected chi connectivity index (χ3v) is 3.27. The molecule has 0 aliphatic carbocycles. The maximum Gasteiger partial charge on any atom is 0.330 e. The van der Waals surface area contributed by atoms with E-state index in [0.717, 1.165) is 0 Å². The summed E-state index contributed by atoms with van der Waals surface area (Å²) < 4.78 is 0. The Hall–Kier alpha value is -1.01. The average molecular weight is 200 g/mol. The Morgan fingerprint density at radius 2 is 2.38 bits per heavy atom. The van der Waals surface area contributed by atoms with Crippen LogP contribution in [0, 0.1) is 0 Å². The number of hydrogen-bond acceptors (Lipinski definition) is 4. The van der Waals surface area contributed by atoms with Gasteiger partial charge in [0, 0.05) is 0 Å². The van der Waals surface area contributed by atoms with Crippen molar-refractivity contribution in [2.75, 3.05) is 0 Å². The van der Waals surface area contributed by atoms with Crippen molar-refractivity contribution < 1.29 is 14.7 Å². The van der Waals surface area contributed by atoms with Gasteiger partial charge in [-0.2, -0.15) is 0 Å². The fourth-order valence-electron chi connectivity index (χ4n) is 1.45. The van der Waals surface area contributed by atoms with Gasteiger partial charge >= 0.3 is 5.97 Å². The summed E-state index contributed by atoms with van der Waals surface area (Å²) in [5.41, 5.74) is 5.50. The molecular weight excluding hydrogens is 192 g/mol. The van der Waals surface area contributed by atoms with Gasteiger partial charge in [-0.05, 0) is 11.5 Å². The molecule has 1 fully saturated rings. The van der Waals surface area contributed by atoms with Crippen molar-refractivity contribution in [3.05, 3.63) is 11.5 Å². The lowest BCUT2D eigenvalue weighted by Crippen LogP contribution is -2.71. The molecule has 2 rings (SSSR count). The highest BCUT2D eigenvalue weighted by molar-refractivity contribution is 8.02. The summed E-state index contributed by atoms with van der Waals surface area (Å²) in [6, 6.07) is -1.38. The van der Waals surface area contributed by atoms with Gasteiger partial charge < -0.3 is 15.7 Å². The number of amides is 1. The normalized spacial score (nSPS) is 36.8. The van der Waals surface area contributed by atoms with E-state index in [2.05, 4.69) is 0 Å². The van der Waals surface area contributed by atoms with E-state index in [1.807, 2.05) is 0 Å². The number of β-lactam (4-membered cyclic amide) rings is 1. The fraction of sp³-hybridized carbons (Fsp3) is 0.429. The number of nitrogens with zero attached hydrogens (tertiary/aromatic N) is 1. The van der Waals surface area contributed by atoms with E-state index >= 15 is 0 Å². The third kappa shape index (κ3) is 1.06. The summed E-state index contributed by atoms with van der Waals surface area (Å²) in [4.78, 5) is 23.2. The summed E-state index contributed by atoms with van der Waals surface area (Å²) in [6.45, 7) is 0. The molecule has 3 N–H and O–H groups in total. The molecule has 0 saturated carbocycles. The molecule has 0 aromatic carbocycles. The first-order valence-electron chi connectivity index (χ1n) is 3.75. The van der Waals surface area contributed by atoms with Crippen molar-refractivity contribution >= 4 is 23.6 Å². The zero-order valence-electron chi connectivity index (χ0n) is 6.58. The van der Waals surface area contributed by atoms with Crippen LogP contribution in [0.3, 0.4) is 0 Å². The summed E-state index contributed by atoms with van der Waals surface area (Å²) in [5, 5.41) is 10.3. The van der Waals surface area contributed by atoms with Crippen LogP contribution in [0.5, 0.6) is 0 Å². The molecule has 5 nitrogen and oxygen atoms in total. The Labute approximate surface area is 78.6 Å². The van der Waals surface area contributed by atoms with Crippen LogP contribution in [-0.4, -0.2) is 39.3 Å². The first-order chi connectivity index (χ1) is 6.13. The summed E-state index contributed by atoms with van der Waals surface area (Å²) in [5.74, 6) is -1.30. The molecule has 0 radical (unpaired) electrons. The highest BCUT2D eigenvalue weighted by Gasteiger charge is 2.51. The number of thioether (sulfide) groups is 1. The zero-order chi connectivity index (χ0) is 9.59. The van der Waals surface area contributed by atoms with E-state index < -0.39 is 18.1 Å². The number of carboxylic acid groups (broad SMARTS) is 1. The molecule has 0 spiro atoms. The number of hydrogen-bond donors (Lipinski definition) is 2. The Kier molecular flexibility index (Phi) is 1.81. The standard InChI is InChI=1S/C7H8N2O3S/c8-4-5(10)9-3(7(11)12)1-2-13-6(4)9/h1-4,6H,8H2,(H,11,12)/t3?,4?,6-/m1/s1. The molecule has 6 heteroatoms. The number of nitrogens with two attached hydrogens (primary N) is 1. The van der Waals surface area contributed by atoms with E-state index in [9.17, 15) is 9.59 Å². The molecule has 0 aromatic heterocycles. The highest BCUT2D eigenvalue weighted by Crippen LogP contribution is 2.35. The lowest BCUT2D eigenvalue weighted by molar-refractivity contribution is -0.157. The zero-order valence-corrected chi connectivity index (χ0v) is 7.40. The molecule has 2 aliphatic rings. The fourth-order valence-corrected chi connectivity index (χ4v) is 2.50. The monoisotopic (exact) mass is 200 g/mol. The van der Waals surface area contributed by atoms with Gasteiger partial charge in [0.05, 0.1) is 0 Å². The second-order valence-electron chi connectivity index (χ2n) is 2.91. The van der Waals surface area contributed by atoms with Crippen molar-refractivity contribution in [1.82, 2.24) is 4.90 Å². The Bertz CT molecular complexity index is 304. The molecule has 2 unspecified atom stereocenters. The van der Waals surface area contributed by atoms with E-state index in [4.69, 9.17) is 10.8 Å². The molecule has 0 bridgehead atoms. The molecule has 70 valence electrons. The Morgan fingerprint density at radius 3 is 3.00 bits per heavy atom. The van der Waals surface area contributed by atoms with E-state index in [0.29, 0.717) is 0 Å². The number of carbonyl (C=O) groups excluding carboxylic acids is 1. The smallest absolute Gasteiger partial charge is 0.330 e. The largest absolute Gasteiger partial charge is 0.479 e. The summed E-state index contributed by atoms with van der Waals surface area (Å²) in [7, 11) is 0. The second kappa shape index (κ2) is 2.74. The maximum absolute atomic E-state index is 11.2. The summed E-state index contributed by atoms with van der Waals surface area (Å²) in [6.07, 6.45) is 1.49. The Morgan fingerprint density at radius 1 is 1.69 bits per heavy atom.